The maximum atomic E-state index is 5.68. The van der Waals surface area contributed by atoms with E-state index in [0.29, 0.717) is 0 Å². The first kappa shape index (κ1) is 13.4. The van der Waals surface area contributed by atoms with Crippen LogP contribution in [-0.4, -0.2) is 19.5 Å². The second-order valence-corrected chi connectivity index (χ2v) is 7.37. The summed E-state index contributed by atoms with van der Waals surface area (Å²) in [4.78, 5) is 0. The predicted molar refractivity (Wildman–Crippen MR) is 65.4 cm³/mol. The molecule has 0 aliphatic rings. The Hall–Kier alpha value is 0.394. The van der Waals surface area contributed by atoms with Gasteiger partial charge >= 0.3 is 0 Å². The van der Waals surface area contributed by atoms with Crippen LogP contribution < -0.4 is 0 Å². The van der Waals surface area contributed by atoms with Crippen LogP contribution in [0.5, 0.6) is 0 Å². The van der Waals surface area contributed by atoms with Crippen molar-refractivity contribution in [2.75, 3.05) is 0 Å². The molecular weight excluding hydrogens is 192 g/mol. The van der Waals surface area contributed by atoms with E-state index < -0.39 is 0 Å². The molecule has 0 spiro atoms. The van der Waals surface area contributed by atoms with Crippen molar-refractivity contribution in [1.82, 2.24) is 0 Å². The Morgan fingerprint density at radius 1 is 0.923 bits per heavy atom. The van der Waals surface area contributed by atoms with Crippen molar-refractivity contribution < 1.29 is 4.12 Å². The summed E-state index contributed by atoms with van der Waals surface area (Å²) in [7, 11) is 0.587. The molecule has 0 aromatic rings. The van der Waals surface area contributed by atoms with Crippen molar-refractivity contribution in [3.63, 3.8) is 0 Å². The zero-order valence-electron chi connectivity index (χ0n) is 9.57. The second kappa shape index (κ2) is 10.5. The van der Waals surface area contributed by atoms with Gasteiger partial charge in [0.2, 0.25) is 0 Å². The molecule has 0 saturated heterocycles. The summed E-state index contributed by atoms with van der Waals surface area (Å²) >= 11 is 0. The third-order valence-electron chi connectivity index (χ3n) is 2.41. The van der Waals surface area contributed by atoms with Gasteiger partial charge in [0, 0.05) is 0 Å². The fourth-order valence-electron chi connectivity index (χ4n) is 1.47. The molecule has 79 valence electrons. The fraction of sp³-hybridized carbons (Fsp3) is 1.00. The number of unbranched alkanes of at least 4 members (excludes halogenated alkanes) is 4. The average Bonchev–Trinajstić information content (AvgIpc) is 2.16. The Balaban J connectivity index is 3.28. The normalized spacial score (nSPS) is 11.3. The molecule has 0 saturated carbocycles. The Kier molecular flexibility index (Phi) is 10.8. The minimum Gasteiger partial charge on any atom is -0.464 e. The highest BCUT2D eigenvalue weighted by Gasteiger charge is 2.09. The van der Waals surface area contributed by atoms with Crippen molar-refractivity contribution in [3.05, 3.63) is 0 Å². The van der Waals surface area contributed by atoms with Gasteiger partial charge in [-0.15, -0.1) is 0 Å². The number of hydrogen-bond donors (Lipinski definition) is 0. The van der Waals surface area contributed by atoms with Gasteiger partial charge in [0.15, 0.2) is 9.04 Å². The Morgan fingerprint density at radius 2 is 1.38 bits per heavy atom. The van der Waals surface area contributed by atoms with Crippen molar-refractivity contribution in [2.45, 2.75) is 64.5 Å². The van der Waals surface area contributed by atoms with E-state index in [2.05, 4.69) is 13.8 Å². The Labute approximate surface area is 88.5 Å². The standard InChI is InChI=1S/C10H25OSi2/c1-3-5-7-9-13(11-12)10-8-6-4-2/h3-10H2,1-2,12H3. The van der Waals surface area contributed by atoms with Gasteiger partial charge in [-0.3, -0.25) is 0 Å². The summed E-state index contributed by atoms with van der Waals surface area (Å²) in [5.41, 5.74) is 0. The molecule has 3 heteroatoms. The molecule has 0 rings (SSSR count). The first-order chi connectivity index (χ1) is 6.35. The molecule has 0 bridgehead atoms. The maximum Gasteiger partial charge on any atom is 0.197 e. The van der Waals surface area contributed by atoms with E-state index >= 15 is 0 Å². The Morgan fingerprint density at radius 3 is 1.69 bits per heavy atom. The van der Waals surface area contributed by atoms with Crippen molar-refractivity contribution in [1.29, 1.82) is 0 Å². The molecular formula is C10H25OSi2. The number of rotatable bonds is 9. The van der Waals surface area contributed by atoms with E-state index in [1.165, 1.54) is 50.6 Å². The maximum absolute atomic E-state index is 5.68. The molecule has 0 aliphatic heterocycles. The highest BCUT2D eigenvalue weighted by Crippen LogP contribution is 2.11. The molecule has 1 radical (unpaired) electrons. The smallest absolute Gasteiger partial charge is 0.197 e. The average molecular weight is 217 g/mol. The zero-order chi connectivity index (χ0) is 9.94. The highest BCUT2D eigenvalue weighted by atomic mass is 28.3. The summed E-state index contributed by atoms with van der Waals surface area (Å²) < 4.78 is 5.68. The number of hydrogen-bond acceptors (Lipinski definition) is 1. The van der Waals surface area contributed by atoms with E-state index in [9.17, 15) is 0 Å². The topological polar surface area (TPSA) is 9.23 Å². The van der Waals surface area contributed by atoms with E-state index in [1.807, 2.05) is 0 Å². The van der Waals surface area contributed by atoms with Crippen LogP contribution in [0.2, 0.25) is 12.1 Å². The molecule has 0 aliphatic carbocycles. The lowest BCUT2D eigenvalue weighted by Gasteiger charge is -2.12. The Bertz CT molecular complexity index is 88.9. The van der Waals surface area contributed by atoms with Crippen LogP contribution in [0.4, 0.5) is 0 Å². The minimum atomic E-state index is -0.367. The van der Waals surface area contributed by atoms with Crippen LogP contribution in [0.15, 0.2) is 0 Å². The summed E-state index contributed by atoms with van der Waals surface area (Å²) in [5, 5.41) is 0. The van der Waals surface area contributed by atoms with Crippen LogP contribution in [0, 0.1) is 0 Å². The van der Waals surface area contributed by atoms with Crippen molar-refractivity contribution in [3.8, 4) is 0 Å². The van der Waals surface area contributed by atoms with E-state index in [-0.39, 0.29) is 9.04 Å². The third kappa shape index (κ3) is 8.72. The van der Waals surface area contributed by atoms with Gasteiger partial charge in [0.25, 0.3) is 0 Å². The lowest BCUT2D eigenvalue weighted by Crippen LogP contribution is -2.15. The lowest BCUT2D eigenvalue weighted by molar-refractivity contribution is 0.599. The summed E-state index contributed by atoms with van der Waals surface area (Å²) in [5.74, 6) is 0. The van der Waals surface area contributed by atoms with Crippen LogP contribution in [0.25, 0.3) is 0 Å². The van der Waals surface area contributed by atoms with Gasteiger partial charge in [-0.25, -0.2) is 0 Å². The summed E-state index contributed by atoms with van der Waals surface area (Å²) in [6, 6.07) is 2.79. The van der Waals surface area contributed by atoms with Crippen molar-refractivity contribution >= 4 is 19.5 Å². The van der Waals surface area contributed by atoms with Gasteiger partial charge in [-0.1, -0.05) is 52.4 Å². The largest absolute Gasteiger partial charge is 0.464 e. The van der Waals surface area contributed by atoms with Crippen LogP contribution in [0.1, 0.15) is 52.4 Å². The van der Waals surface area contributed by atoms with E-state index in [1.54, 1.807) is 0 Å². The first-order valence-electron chi connectivity index (χ1n) is 5.73. The van der Waals surface area contributed by atoms with Gasteiger partial charge in [0.1, 0.15) is 10.5 Å². The van der Waals surface area contributed by atoms with Crippen LogP contribution in [0.3, 0.4) is 0 Å². The van der Waals surface area contributed by atoms with Gasteiger partial charge in [-0.2, -0.15) is 0 Å². The SMILES string of the molecule is CCCCC[Si](CCCCC)O[SiH3]. The van der Waals surface area contributed by atoms with Gasteiger partial charge in [0.05, 0.1) is 0 Å². The molecule has 0 aromatic carbocycles. The third-order valence-corrected chi connectivity index (χ3v) is 6.54. The zero-order valence-corrected chi connectivity index (χ0v) is 12.6. The van der Waals surface area contributed by atoms with Gasteiger partial charge in [-0.05, 0) is 12.1 Å². The molecule has 0 fully saturated rings. The predicted octanol–water partition coefficient (Wildman–Crippen LogP) is 2.66. The molecule has 13 heavy (non-hydrogen) atoms. The molecule has 0 N–H and O–H groups in total. The van der Waals surface area contributed by atoms with E-state index in [0.717, 1.165) is 10.5 Å². The monoisotopic (exact) mass is 217 g/mol. The first-order valence-corrected chi connectivity index (χ1v) is 8.37. The van der Waals surface area contributed by atoms with Crippen LogP contribution >= 0.6 is 0 Å². The molecule has 0 aromatic heterocycles. The summed E-state index contributed by atoms with van der Waals surface area (Å²) in [6.07, 6.45) is 8.27. The summed E-state index contributed by atoms with van der Waals surface area (Å²) in [6.45, 7) is 4.54. The second-order valence-electron chi connectivity index (χ2n) is 3.66. The molecule has 0 heterocycles. The van der Waals surface area contributed by atoms with Crippen LogP contribution in [-0.2, 0) is 4.12 Å². The minimum absolute atomic E-state index is 0.367. The quantitative estimate of drug-likeness (QED) is 0.426. The molecule has 0 atom stereocenters. The highest BCUT2D eigenvalue weighted by molar-refractivity contribution is 6.55. The van der Waals surface area contributed by atoms with E-state index in [4.69, 9.17) is 4.12 Å². The van der Waals surface area contributed by atoms with Gasteiger partial charge < -0.3 is 4.12 Å². The fourth-order valence-corrected chi connectivity index (χ4v) is 4.65. The molecule has 1 nitrogen and oxygen atoms in total. The lowest BCUT2D eigenvalue weighted by atomic mass is 10.3. The molecule has 0 amide bonds. The molecule has 0 unspecified atom stereocenters. The van der Waals surface area contributed by atoms with Crippen molar-refractivity contribution in [2.24, 2.45) is 0 Å².